The summed E-state index contributed by atoms with van der Waals surface area (Å²) >= 11 is 0. The third-order valence-electron chi connectivity index (χ3n) is 3.90. The number of rotatable bonds is 6. The largest absolute Gasteiger partial charge is 0.401 e. The number of aryl methyl sites for hydroxylation is 1. The van der Waals surface area contributed by atoms with E-state index in [0.29, 0.717) is 23.3 Å². The van der Waals surface area contributed by atoms with Crippen molar-refractivity contribution in [1.29, 1.82) is 5.53 Å². The zero-order valence-electron chi connectivity index (χ0n) is 11.6. The van der Waals surface area contributed by atoms with E-state index in [1.807, 2.05) is 12.1 Å². The van der Waals surface area contributed by atoms with Crippen LogP contribution >= 0.6 is 0 Å². The van der Waals surface area contributed by atoms with Gasteiger partial charge in [-0.2, -0.15) is 9.60 Å². The van der Waals surface area contributed by atoms with Crippen molar-refractivity contribution in [2.45, 2.75) is 25.9 Å². The molecule has 2 atom stereocenters. The van der Waals surface area contributed by atoms with Crippen molar-refractivity contribution in [1.82, 2.24) is 4.48 Å². The molecule has 1 aromatic carbocycles. The molecule has 1 fully saturated rings. The van der Waals surface area contributed by atoms with Crippen LogP contribution < -0.4 is 4.48 Å². The van der Waals surface area contributed by atoms with E-state index in [2.05, 4.69) is 27.8 Å². The summed E-state index contributed by atoms with van der Waals surface area (Å²) in [5.74, 6) is 0. The highest BCUT2D eigenvalue weighted by Gasteiger charge is 2.64. The van der Waals surface area contributed by atoms with Crippen molar-refractivity contribution in [2.75, 3.05) is 19.6 Å². The summed E-state index contributed by atoms with van der Waals surface area (Å²) in [5.41, 5.74) is 10.1. The summed E-state index contributed by atoms with van der Waals surface area (Å²) in [6.07, 6.45) is 1.84. The zero-order chi connectivity index (χ0) is 14.6. The summed E-state index contributed by atoms with van der Waals surface area (Å²) in [4.78, 5) is 7.09. The molecule has 1 saturated heterocycles. The van der Waals surface area contributed by atoms with Gasteiger partial charge in [-0.05, 0) is 18.1 Å². The van der Waals surface area contributed by atoms with Crippen LogP contribution in [0.3, 0.4) is 0 Å². The molecule has 0 aliphatic carbocycles. The summed E-state index contributed by atoms with van der Waals surface area (Å²) in [5, 5.41) is 3.57. The maximum Gasteiger partial charge on any atom is 0.401 e. The predicted octanol–water partition coefficient (Wildman–Crippen LogP) is 3.79. The highest BCUT2D eigenvalue weighted by atomic mass is 15.6. The van der Waals surface area contributed by atoms with Crippen LogP contribution in [0.4, 0.5) is 11.4 Å². The summed E-state index contributed by atoms with van der Waals surface area (Å²) in [7, 11) is 0. The number of nitrogens with one attached hydrogen (secondary N) is 1. The van der Waals surface area contributed by atoms with Crippen LogP contribution in [0.5, 0.6) is 0 Å². The Hall–Kier alpha value is -2.24. The van der Waals surface area contributed by atoms with Crippen LogP contribution in [0.2, 0.25) is 0 Å². The van der Waals surface area contributed by atoms with Gasteiger partial charge in [0.15, 0.2) is 6.54 Å². The minimum Gasteiger partial charge on any atom is -0.311 e. The molecule has 5 nitrogen and oxygen atoms in total. The Balaban J connectivity index is 2.36. The fourth-order valence-corrected chi connectivity index (χ4v) is 2.70. The van der Waals surface area contributed by atoms with Crippen molar-refractivity contribution in [3.8, 4) is 0 Å². The second kappa shape index (κ2) is 5.81. The Kier molecular flexibility index (Phi) is 4.12. The van der Waals surface area contributed by atoms with Gasteiger partial charge in [0.2, 0.25) is 6.54 Å². The Bertz CT molecular complexity index is 595. The molecule has 0 amide bonds. The first-order chi connectivity index (χ1) is 9.71. The number of quaternary nitrogens is 1. The molecule has 20 heavy (non-hydrogen) atoms. The molecule has 1 N–H and O–H groups in total. The molecule has 0 aromatic heterocycles. The third-order valence-corrected chi connectivity index (χ3v) is 3.90. The Morgan fingerprint density at radius 2 is 2.25 bits per heavy atom. The lowest BCUT2D eigenvalue weighted by Gasteiger charge is -2.15. The molecule has 1 aliphatic rings. The molecule has 5 heteroatoms. The zero-order valence-corrected chi connectivity index (χ0v) is 11.6. The lowest BCUT2D eigenvalue weighted by molar-refractivity contribution is 0.535. The monoisotopic (exact) mass is 268 g/mol. The molecule has 0 bridgehead atoms. The highest BCUT2D eigenvalue weighted by Crippen LogP contribution is 2.41. The number of nitrogens with zero attached hydrogens (tertiary/aromatic N) is 4. The van der Waals surface area contributed by atoms with Crippen molar-refractivity contribution >= 4 is 11.4 Å². The second-order valence-electron chi connectivity index (χ2n) is 5.11. The second-order valence-corrected chi connectivity index (χ2v) is 5.11. The standard InChI is InChI=1S/C15H18N5/c1-4-5-12-10-13(6-7-14(12)19-16)20(9-8-17-2)11-15(20)18-3/h6-7,10,15-16H,4-5,8-9,11H2,1H3/q+1. The van der Waals surface area contributed by atoms with Crippen LogP contribution in [0.15, 0.2) is 23.3 Å². The average Bonchev–Trinajstić information content (AvgIpc) is 3.20. The number of hydrogen-bond acceptors (Lipinski definition) is 2. The normalized spacial score (nSPS) is 23.6. The van der Waals surface area contributed by atoms with Crippen LogP contribution in [-0.4, -0.2) is 25.8 Å². The van der Waals surface area contributed by atoms with Crippen LogP contribution in [-0.2, 0) is 6.42 Å². The summed E-state index contributed by atoms with van der Waals surface area (Å²) in [6, 6.07) is 5.90. The van der Waals surface area contributed by atoms with E-state index < -0.39 is 0 Å². The van der Waals surface area contributed by atoms with Gasteiger partial charge in [-0.3, -0.25) is 4.85 Å². The number of benzene rings is 1. The van der Waals surface area contributed by atoms with E-state index in [-0.39, 0.29) is 6.17 Å². The molecule has 1 aromatic rings. The van der Waals surface area contributed by atoms with E-state index in [1.165, 1.54) is 0 Å². The Labute approximate surface area is 119 Å². The molecular weight excluding hydrogens is 250 g/mol. The average molecular weight is 268 g/mol. The molecule has 2 unspecified atom stereocenters. The van der Waals surface area contributed by atoms with Gasteiger partial charge in [-0.1, -0.05) is 13.3 Å². The van der Waals surface area contributed by atoms with Crippen LogP contribution in [0.1, 0.15) is 18.9 Å². The minimum atomic E-state index is -0.0509. The van der Waals surface area contributed by atoms with Crippen molar-refractivity contribution in [3.05, 3.63) is 46.6 Å². The quantitative estimate of drug-likeness (QED) is 0.353. The van der Waals surface area contributed by atoms with Gasteiger partial charge in [0.1, 0.15) is 5.69 Å². The maximum absolute atomic E-state index is 7.26. The van der Waals surface area contributed by atoms with E-state index in [4.69, 9.17) is 18.7 Å². The Morgan fingerprint density at radius 1 is 1.45 bits per heavy atom. The van der Waals surface area contributed by atoms with Crippen molar-refractivity contribution in [3.63, 3.8) is 0 Å². The first-order valence-electron chi connectivity index (χ1n) is 6.79. The fraction of sp³-hybridized carbons (Fsp3) is 0.467. The fourth-order valence-electron chi connectivity index (χ4n) is 2.70. The van der Waals surface area contributed by atoms with Crippen LogP contribution in [0.25, 0.3) is 9.69 Å². The SMILES string of the molecule is [C-]#[N+]CC[N+]1(c2ccc(N=N)c(CCC)c2)CC1[N+]#[C-]. The van der Waals surface area contributed by atoms with E-state index in [9.17, 15) is 0 Å². The van der Waals surface area contributed by atoms with Gasteiger partial charge in [0, 0.05) is 12.1 Å². The van der Waals surface area contributed by atoms with Gasteiger partial charge in [0.25, 0.3) is 6.54 Å². The lowest BCUT2D eigenvalue weighted by Crippen LogP contribution is -2.31. The Morgan fingerprint density at radius 3 is 2.80 bits per heavy atom. The van der Waals surface area contributed by atoms with Gasteiger partial charge in [-0.15, -0.1) is 0 Å². The predicted molar refractivity (Wildman–Crippen MR) is 78.6 cm³/mol. The van der Waals surface area contributed by atoms with Crippen LogP contribution in [0, 0.1) is 18.7 Å². The molecule has 2 rings (SSSR count). The van der Waals surface area contributed by atoms with E-state index in [1.54, 1.807) is 0 Å². The minimum absolute atomic E-state index is 0.0509. The molecule has 102 valence electrons. The molecule has 1 heterocycles. The first-order valence-corrected chi connectivity index (χ1v) is 6.79. The smallest absolute Gasteiger partial charge is 0.311 e. The third kappa shape index (κ3) is 2.41. The van der Waals surface area contributed by atoms with Gasteiger partial charge < -0.3 is 4.85 Å². The molecule has 0 spiro atoms. The van der Waals surface area contributed by atoms with E-state index in [0.717, 1.165) is 30.6 Å². The summed E-state index contributed by atoms with van der Waals surface area (Å²) < 4.78 is 0.598. The topological polar surface area (TPSA) is 44.9 Å². The van der Waals surface area contributed by atoms with Crippen molar-refractivity contribution < 1.29 is 0 Å². The molecular formula is C15H18N5+. The van der Waals surface area contributed by atoms with Crippen molar-refractivity contribution in [2.24, 2.45) is 5.11 Å². The molecule has 0 radical (unpaired) electrons. The van der Waals surface area contributed by atoms with Gasteiger partial charge in [-0.25, -0.2) is 18.7 Å². The first kappa shape index (κ1) is 14.2. The number of hydrogen-bond donors (Lipinski definition) is 1. The maximum atomic E-state index is 7.26. The molecule has 0 saturated carbocycles. The lowest BCUT2D eigenvalue weighted by atomic mass is 10.1. The van der Waals surface area contributed by atoms with Gasteiger partial charge in [0.05, 0.1) is 5.69 Å². The van der Waals surface area contributed by atoms with E-state index >= 15 is 0 Å². The van der Waals surface area contributed by atoms with Gasteiger partial charge >= 0.3 is 6.17 Å². The summed E-state index contributed by atoms with van der Waals surface area (Å²) in [6.45, 7) is 18.3. The highest BCUT2D eigenvalue weighted by molar-refractivity contribution is 5.59. The molecule has 1 aliphatic heterocycles.